The summed E-state index contributed by atoms with van der Waals surface area (Å²) in [6.07, 6.45) is 0. The fourth-order valence-corrected chi connectivity index (χ4v) is 2.32. The van der Waals surface area contributed by atoms with Crippen molar-refractivity contribution in [3.05, 3.63) is 34.7 Å². The lowest BCUT2D eigenvalue weighted by atomic mass is 10.1. The first-order valence-electron chi connectivity index (χ1n) is 5.59. The van der Waals surface area contributed by atoms with Gasteiger partial charge in [-0.25, -0.2) is 9.78 Å². The lowest BCUT2D eigenvalue weighted by Crippen LogP contribution is -2.03. The molecule has 5 nitrogen and oxygen atoms in total. The van der Waals surface area contributed by atoms with Crippen molar-refractivity contribution in [2.24, 2.45) is 0 Å². The number of hydrogen-bond acceptors (Lipinski definition) is 6. The zero-order valence-electron chi connectivity index (χ0n) is 10.2. The first-order chi connectivity index (χ1) is 9.15. The van der Waals surface area contributed by atoms with Crippen LogP contribution >= 0.6 is 11.3 Å². The topological polar surface area (TPSA) is 89.0 Å². The van der Waals surface area contributed by atoms with Gasteiger partial charge in [0.2, 0.25) is 0 Å². The third kappa shape index (κ3) is 2.72. The van der Waals surface area contributed by atoms with Crippen molar-refractivity contribution in [3.8, 4) is 17.3 Å². The number of esters is 1. The van der Waals surface area contributed by atoms with Gasteiger partial charge in [0.1, 0.15) is 4.88 Å². The molecule has 19 heavy (non-hydrogen) atoms. The molecule has 0 aliphatic rings. The fourth-order valence-electron chi connectivity index (χ4n) is 1.57. The van der Waals surface area contributed by atoms with E-state index in [0.29, 0.717) is 27.9 Å². The molecule has 0 saturated carbocycles. The minimum absolute atomic E-state index is 0.295. The molecule has 1 aromatic carbocycles. The monoisotopic (exact) mass is 273 g/mol. The zero-order chi connectivity index (χ0) is 13.8. The molecule has 0 fully saturated rings. The second kappa shape index (κ2) is 5.50. The maximum Gasteiger partial charge on any atom is 0.350 e. The highest BCUT2D eigenvalue weighted by Crippen LogP contribution is 2.30. The minimum Gasteiger partial charge on any atom is -0.462 e. The van der Waals surface area contributed by atoms with Gasteiger partial charge in [-0.05, 0) is 19.1 Å². The van der Waals surface area contributed by atoms with Gasteiger partial charge in [-0.3, -0.25) is 0 Å². The maximum absolute atomic E-state index is 11.8. The first-order valence-corrected chi connectivity index (χ1v) is 6.41. The Labute approximate surface area is 114 Å². The Hall–Kier alpha value is -2.39. The molecule has 0 bridgehead atoms. The summed E-state index contributed by atoms with van der Waals surface area (Å²) in [7, 11) is 0. The molecule has 0 radical (unpaired) electrons. The second-order valence-corrected chi connectivity index (χ2v) is 4.67. The van der Waals surface area contributed by atoms with Crippen LogP contribution in [0.15, 0.2) is 24.3 Å². The summed E-state index contributed by atoms with van der Waals surface area (Å²) in [4.78, 5) is 16.3. The van der Waals surface area contributed by atoms with Gasteiger partial charge in [0.25, 0.3) is 0 Å². The number of anilines is 1. The van der Waals surface area contributed by atoms with Crippen LogP contribution < -0.4 is 5.73 Å². The molecule has 1 heterocycles. The number of carbonyl (C=O) groups excluding carboxylic acids is 1. The van der Waals surface area contributed by atoms with Gasteiger partial charge < -0.3 is 10.5 Å². The van der Waals surface area contributed by atoms with E-state index in [1.54, 1.807) is 31.2 Å². The van der Waals surface area contributed by atoms with Gasteiger partial charge in [-0.15, -0.1) is 0 Å². The van der Waals surface area contributed by atoms with Gasteiger partial charge in [0.05, 0.1) is 23.9 Å². The molecule has 1 aromatic heterocycles. The molecule has 0 saturated heterocycles. The summed E-state index contributed by atoms with van der Waals surface area (Å²) in [5.41, 5.74) is 7.42. The zero-order valence-corrected chi connectivity index (χ0v) is 11.0. The number of rotatable bonds is 3. The highest BCUT2D eigenvalue weighted by molar-refractivity contribution is 7.17. The Morgan fingerprint density at radius 2 is 2.16 bits per heavy atom. The van der Waals surface area contributed by atoms with Gasteiger partial charge in [-0.1, -0.05) is 23.5 Å². The normalized spacial score (nSPS) is 9.89. The van der Waals surface area contributed by atoms with Gasteiger partial charge in [-0.2, -0.15) is 5.26 Å². The van der Waals surface area contributed by atoms with Gasteiger partial charge in [0, 0.05) is 5.56 Å². The number of nitrogens with two attached hydrogens (primary N) is 1. The van der Waals surface area contributed by atoms with Gasteiger partial charge >= 0.3 is 5.97 Å². The average molecular weight is 273 g/mol. The summed E-state index contributed by atoms with van der Waals surface area (Å²) in [6, 6.07) is 8.83. The summed E-state index contributed by atoms with van der Waals surface area (Å²) < 4.78 is 4.97. The molecule has 96 valence electrons. The number of nitrogens with zero attached hydrogens (tertiary/aromatic N) is 2. The maximum atomic E-state index is 11.8. The number of nitrogen functional groups attached to an aromatic ring is 1. The Morgan fingerprint density at radius 3 is 2.74 bits per heavy atom. The minimum atomic E-state index is -0.434. The number of thiazole rings is 1. The van der Waals surface area contributed by atoms with Crippen LogP contribution in [-0.2, 0) is 4.74 Å². The third-order valence-corrected chi connectivity index (χ3v) is 3.26. The van der Waals surface area contributed by atoms with E-state index in [-0.39, 0.29) is 0 Å². The van der Waals surface area contributed by atoms with Crippen LogP contribution in [0.1, 0.15) is 22.2 Å². The number of ether oxygens (including phenoxy) is 1. The smallest absolute Gasteiger partial charge is 0.350 e. The van der Waals surface area contributed by atoms with Crippen LogP contribution in [0.5, 0.6) is 0 Å². The third-order valence-electron chi connectivity index (χ3n) is 2.39. The molecule has 2 rings (SSSR count). The van der Waals surface area contributed by atoms with Crippen molar-refractivity contribution >= 4 is 22.4 Å². The number of nitriles is 1. The molecule has 0 amide bonds. The summed E-state index contributed by atoms with van der Waals surface area (Å²) in [6.45, 7) is 2.03. The number of benzene rings is 1. The van der Waals surface area contributed by atoms with E-state index in [9.17, 15) is 4.79 Å². The van der Waals surface area contributed by atoms with Crippen LogP contribution in [0.2, 0.25) is 0 Å². The second-order valence-electron chi connectivity index (χ2n) is 3.64. The summed E-state index contributed by atoms with van der Waals surface area (Å²) >= 11 is 1.09. The Morgan fingerprint density at radius 1 is 1.47 bits per heavy atom. The number of carbonyl (C=O) groups is 1. The van der Waals surface area contributed by atoms with E-state index in [4.69, 9.17) is 15.7 Å². The molecule has 0 unspecified atom stereocenters. The van der Waals surface area contributed by atoms with E-state index in [1.165, 1.54) is 0 Å². The Balaban J connectivity index is 2.43. The number of hydrogen-bond donors (Lipinski definition) is 1. The first kappa shape index (κ1) is 13.1. The molecule has 0 aliphatic carbocycles. The van der Waals surface area contributed by atoms with E-state index >= 15 is 0 Å². The van der Waals surface area contributed by atoms with Crippen molar-refractivity contribution in [2.45, 2.75) is 6.92 Å². The molecule has 2 N–H and O–H groups in total. The van der Waals surface area contributed by atoms with Crippen molar-refractivity contribution in [1.82, 2.24) is 4.98 Å². The Kier molecular flexibility index (Phi) is 3.78. The quantitative estimate of drug-likeness (QED) is 0.867. The highest BCUT2D eigenvalue weighted by atomic mass is 32.1. The van der Waals surface area contributed by atoms with Crippen LogP contribution in [0, 0.1) is 11.3 Å². The predicted octanol–water partition coefficient (Wildman–Crippen LogP) is 2.44. The molecular formula is C13H11N3O2S. The van der Waals surface area contributed by atoms with Crippen LogP contribution in [0.25, 0.3) is 11.3 Å². The van der Waals surface area contributed by atoms with Crippen molar-refractivity contribution in [3.63, 3.8) is 0 Å². The van der Waals surface area contributed by atoms with E-state index in [1.807, 2.05) is 6.07 Å². The summed E-state index contributed by atoms with van der Waals surface area (Å²) in [5, 5.41) is 9.07. The molecule has 6 heteroatoms. The van der Waals surface area contributed by atoms with Crippen LogP contribution in [-0.4, -0.2) is 17.6 Å². The molecule has 2 aromatic rings. The lowest BCUT2D eigenvalue weighted by Gasteiger charge is -2.02. The molecule has 0 aliphatic heterocycles. The molecular weight excluding hydrogens is 262 g/mol. The molecule has 0 atom stereocenters. The standard InChI is InChI=1S/C13H11N3O2S/c1-2-18-12(17)11-10(16-13(15)19-11)9-5-3-8(7-14)4-6-9/h3-6H,2H2,1H3,(H2,15,16). The molecule has 0 spiro atoms. The SMILES string of the molecule is CCOC(=O)c1sc(N)nc1-c1ccc(C#N)cc1. The van der Waals surface area contributed by atoms with Crippen LogP contribution in [0.3, 0.4) is 0 Å². The average Bonchev–Trinajstić information content (AvgIpc) is 2.81. The van der Waals surface area contributed by atoms with Crippen LogP contribution in [0.4, 0.5) is 5.13 Å². The van der Waals surface area contributed by atoms with E-state index in [2.05, 4.69) is 4.98 Å². The van der Waals surface area contributed by atoms with Crippen molar-refractivity contribution in [1.29, 1.82) is 5.26 Å². The van der Waals surface area contributed by atoms with Crippen molar-refractivity contribution < 1.29 is 9.53 Å². The number of aromatic nitrogens is 1. The van der Waals surface area contributed by atoms with E-state index < -0.39 is 5.97 Å². The highest BCUT2D eigenvalue weighted by Gasteiger charge is 2.19. The predicted molar refractivity (Wildman–Crippen MR) is 72.6 cm³/mol. The van der Waals surface area contributed by atoms with Crippen molar-refractivity contribution in [2.75, 3.05) is 12.3 Å². The largest absolute Gasteiger partial charge is 0.462 e. The Bertz CT molecular complexity index is 641. The lowest BCUT2D eigenvalue weighted by molar-refractivity contribution is 0.0532. The fraction of sp³-hybridized carbons (Fsp3) is 0.154. The van der Waals surface area contributed by atoms with E-state index in [0.717, 1.165) is 16.9 Å². The van der Waals surface area contributed by atoms with Gasteiger partial charge in [0.15, 0.2) is 5.13 Å². The summed E-state index contributed by atoms with van der Waals surface area (Å²) in [5.74, 6) is -0.434.